The lowest BCUT2D eigenvalue weighted by atomic mass is 10.0. The minimum Gasteiger partial charge on any atom is -0.388 e. The molecule has 4 nitrogen and oxygen atoms in total. The molecule has 0 saturated carbocycles. The third-order valence-electron chi connectivity index (χ3n) is 0.401. The highest BCUT2D eigenvalue weighted by molar-refractivity contribution is 8.12. The van der Waals surface area contributed by atoms with Crippen LogP contribution in [0.2, 0.25) is 0 Å². The first-order valence-corrected chi connectivity index (χ1v) is 12.3. The SMILES string of the molecule is C.C.C.C.C.C=S(C)C.CC(C)(C)C.CCC.COC.COS(C)=O.COSC. The molecule has 0 aromatic rings. The summed E-state index contributed by atoms with van der Waals surface area (Å²) < 4.78 is 22.6. The predicted octanol–water partition coefficient (Wildman–Crippen LogP) is 8.70. The molecule has 196 valence electrons. The van der Waals surface area contributed by atoms with E-state index in [1.165, 1.54) is 31.8 Å². The minimum absolute atomic E-state index is 0. The number of ether oxygens (including phenoxy) is 1. The van der Waals surface area contributed by atoms with Crippen LogP contribution in [0.4, 0.5) is 0 Å². The van der Waals surface area contributed by atoms with Crippen molar-refractivity contribution in [3.8, 4) is 0 Å². The summed E-state index contributed by atoms with van der Waals surface area (Å²) in [7, 11) is 6.68. The Morgan fingerprint density at radius 3 is 0.897 bits per heavy atom. The van der Waals surface area contributed by atoms with Crippen LogP contribution in [0.3, 0.4) is 0 Å². The quantitative estimate of drug-likeness (QED) is 0.286. The maximum absolute atomic E-state index is 9.70. The van der Waals surface area contributed by atoms with Crippen LogP contribution in [0.1, 0.15) is 85.1 Å². The van der Waals surface area contributed by atoms with Gasteiger partial charge in [0.15, 0.2) is 11.1 Å². The van der Waals surface area contributed by atoms with E-state index < -0.39 is 11.1 Å². The Morgan fingerprint density at radius 1 is 0.828 bits per heavy atom. The third-order valence-corrected chi connectivity index (χ3v) is 1.20. The van der Waals surface area contributed by atoms with Gasteiger partial charge in [-0.15, -0.1) is 0 Å². The largest absolute Gasteiger partial charge is 0.388 e. The minimum atomic E-state index is -1.07. The van der Waals surface area contributed by atoms with E-state index in [-0.39, 0.29) is 37.1 Å². The Labute approximate surface area is 200 Å². The van der Waals surface area contributed by atoms with Crippen molar-refractivity contribution in [2.75, 3.05) is 53.5 Å². The van der Waals surface area contributed by atoms with Crippen molar-refractivity contribution in [2.45, 2.75) is 85.1 Å². The lowest BCUT2D eigenvalue weighted by Crippen LogP contribution is -1.93. The van der Waals surface area contributed by atoms with Crippen molar-refractivity contribution in [1.29, 1.82) is 0 Å². The van der Waals surface area contributed by atoms with Crippen LogP contribution < -0.4 is 0 Å². The van der Waals surface area contributed by atoms with E-state index in [2.05, 4.69) is 73.0 Å². The second kappa shape index (κ2) is 70.3. The lowest BCUT2D eigenvalue weighted by molar-refractivity contribution is 0.277. The molecule has 0 aliphatic rings. The van der Waals surface area contributed by atoms with Crippen molar-refractivity contribution >= 4 is 39.5 Å². The molecule has 0 amide bonds. The topological polar surface area (TPSA) is 44.8 Å². The zero-order valence-corrected chi connectivity index (χ0v) is 21.2. The van der Waals surface area contributed by atoms with Crippen molar-refractivity contribution in [3.05, 3.63) is 0 Å². The van der Waals surface area contributed by atoms with E-state index in [1.54, 1.807) is 21.3 Å². The molecule has 7 heteroatoms. The maximum atomic E-state index is 9.70. The first-order chi connectivity index (χ1) is 10.7. The molecule has 0 rings (SSSR count). The van der Waals surface area contributed by atoms with Gasteiger partial charge in [-0.2, -0.15) is 10.5 Å². The average Bonchev–Trinajstić information content (AvgIpc) is 2.38. The normalized spacial score (nSPS) is 8.10. The molecule has 0 radical (unpaired) electrons. The summed E-state index contributed by atoms with van der Waals surface area (Å²) in [5.41, 5.74) is 0.500. The van der Waals surface area contributed by atoms with Crippen molar-refractivity contribution in [1.82, 2.24) is 0 Å². The molecule has 29 heavy (non-hydrogen) atoms. The summed E-state index contributed by atoms with van der Waals surface area (Å²) in [5.74, 6) is 3.67. The molecule has 0 N–H and O–H groups in total. The predicted molar refractivity (Wildman–Crippen MR) is 156 cm³/mol. The van der Waals surface area contributed by atoms with E-state index in [4.69, 9.17) is 0 Å². The smallest absolute Gasteiger partial charge is 0.151 e. The van der Waals surface area contributed by atoms with E-state index in [0.717, 1.165) is 0 Å². The zero-order chi connectivity index (χ0) is 21.2. The van der Waals surface area contributed by atoms with Gasteiger partial charge >= 0.3 is 0 Å². The molecule has 0 spiro atoms. The number of hydrogen-bond acceptors (Lipinski definition) is 5. The Bertz CT molecular complexity index is 207. The molecular formula is C22H66O4S3. The summed E-state index contributed by atoms with van der Waals surface area (Å²) in [6.45, 7) is 13.0. The molecule has 0 aromatic carbocycles. The van der Waals surface area contributed by atoms with Crippen LogP contribution in [0.25, 0.3) is 0 Å². The molecule has 0 aliphatic heterocycles. The van der Waals surface area contributed by atoms with Gasteiger partial charge in [0.1, 0.15) is 0 Å². The van der Waals surface area contributed by atoms with Gasteiger partial charge in [-0.05, 0) is 30.0 Å². The van der Waals surface area contributed by atoms with Crippen molar-refractivity contribution in [2.24, 2.45) is 5.41 Å². The second-order valence-corrected chi connectivity index (χ2v) is 9.78. The Hall–Kier alpha value is 0.600. The van der Waals surface area contributed by atoms with Crippen molar-refractivity contribution in [3.63, 3.8) is 0 Å². The van der Waals surface area contributed by atoms with Gasteiger partial charge in [-0.3, -0.25) is 4.18 Å². The van der Waals surface area contributed by atoms with Gasteiger partial charge in [0, 0.05) is 26.7 Å². The fourth-order valence-corrected chi connectivity index (χ4v) is 0. The van der Waals surface area contributed by atoms with Gasteiger partial charge in [0.25, 0.3) is 0 Å². The number of rotatable bonds is 2. The number of hydrogen-bond donors (Lipinski definition) is 0. The first kappa shape index (κ1) is 70.0. The number of methoxy groups -OCH3 is 1. The maximum Gasteiger partial charge on any atom is 0.151 e. The summed E-state index contributed by atoms with van der Waals surface area (Å²) in [6.07, 6.45) is 8.76. The van der Waals surface area contributed by atoms with E-state index in [1.807, 2.05) is 6.26 Å². The van der Waals surface area contributed by atoms with E-state index in [9.17, 15) is 4.21 Å². The molecule has 1 atom stereocenters. The highest BCUT2D eigenvalue weighted by Gasteiger charge is 1.95. The standard InChI is InChI=1S/C5H12.C3H8S.C3H8.C2H6O2S.C2H6OS.C2H6O.5CH4/c1-5(2,3)4;1-4(2)3;1-3-2;1-4-5(2)3;1-3-4-2;1-3-2;;;;;/h1-4H3;1H2,2-3H3;3H2,1-2H3;1-2H3;1-2H3;1-2H3;5*1H4. The fourth-order valence-electron chi connectivity index (χ4n) is 0. The highest BCUT2D eigenvalue weighted by atomic mass is 32.2. The van der Waals surface area contributed by atoms with Crippen molar-refractivity contribution < 1.29 is 17.3 Å². The highest BCUT2D eigenvalue weighted by Crippen LogP contribution is 2.08. The van der Waals surface area contributed by atoms with Gasteiger partial charge in [-0.1, -0.05) is 91.0 Å². The van der Waals surface area contributed by atoms with Crippen LogP contribution >= 0.6 is 22.5 Å². The zero-order valence-electron chi connectivity index (χ0n) is 18.8. The first-order valence-electron chi connectivity index (χ1n) is 7.47. The molecule has 0 bridgehead atoms. The van der Waals surface area contributed by atoms with Gasteiger partial charge in [0.05, 0.1) is 14.2 Å². The summed E-state index contributed by atoms with van der Waals surface area (Å²) in [5, 5.41) is 0. The molecule has 0 heterocycles. The van der Waals surface area contributed by atoms with Gasteiger partial charge in [-0.25, -0.2) is 4.21 Å². The third kappa shape index (κ3) is 1560. The molecular weight excluding hydrogens is 424 g/mol. The molecule has 1 unspecified atom stereocenters. The molecule has 0 aliphatic carbocycles. The summed E-state index contributed by atoms with van der Waals surface area (Å²) in [4.78, 5) is 0. The van der Waals surface area contributed by atoms with E-state index in [0.29, 0.717) is 15.9 Å². The second-order valence-electron chi connectivity index (χ2n) is 6.00. The molecule has 0 saturated heterocycles. The Kier molecular flexibility index (Phi) is 170. The van der Waals surface area contributed by atoms with Gasteiger partial charge < -0.3 is 8.92 Å². The summed E-state index contributed by atoms with van der Waals surface area (Å²) in [6, 6.07) is 0. The average molecular weight is 491 g/mol. The monoisotopic (exact) mass is 490 g/mol. The van der Waals surface area contributed by atoms with Crippen LogP contribution in [0.5, 0.6) is 0 Å². The lowest BCUT2D eigenvalue weighted by Gasteiger charge is -2.05. The summed E-state index contributed by atoms with van der Waals surface area (Å²) >= 11 is 0.284. The van der Waals surface area contributed by atoms with Gasteiger partial charge in [0.2, 0.25) is 0 Å². The van der Waals surface area contributed by atoms with Crippen LogP contribution in [-0.4, -0.2) is 63.5 Å². The molecule has 0 aromatic heterocycles. The van der Waals surface area contributed by atoms with Crippen LogP contribution in [0, 0.1) is 5.41 Å². The van der Waals surface area contributed by atoms with E-state index >= 15 is 0 Å². The van der Waals surface area contributed by atoms with Crippen LogP contribution in [-0.2, 0) is 24.2 Å². The Morgan fingerprint density at radius 2 is 0.897 bits per heavy atom. The van der Waals surface area contributed by atoms with Crippen LogP contribution in [0.15, 0.2) is 0 Å². The fraction of sp³-hybridized carbons (Fsp3) is 0.955. The Balaban J connectivity index is -0.0000000145. The molecule has 0 fully saturated rings.